The van der Waals surface area contributed by atoms with Crippen LogP contribution in [0.25, 0.3) is 0 Å². The molecule has 0 radical (unpaired) electrons. The highest BCUT2D eigenvalue weighted by Crippen LogP contribution is 2.23. The maximum Gasteiger partial charge on any atom is 0.128 e. The van der Waals surface area contributed by atoms with Gasteiger partial charge in [0, 0.05) is 24.5 Å². The summed E-state index contributed by atoms with van der Waals surface area (Å²) in [5.74, 6) is 0.984. The lowest BCUT2D eigenvalue weighted by Gasteiger charge is -2.18. The number of pyridine rings is 1. The summed E-state index contributed by atoms with van der Waals surface area (Å²) in [6.07, 6.45) is 0. The molecule has 0 unspecified atom stereocenters. The van der Waals surface area contributed by atoms with E-state index in [-0.39, 0.29) is 0 Å². The Labute approximate surface area is 129 Å². The van der Waals surface area contributed by atoms with Crippen LogP contribution in [0.5, 0.6) is 0 Å². The molecule has 0 aliphatic carbocycles. The van der Waals surface area contributed by atoms with Gasteiger partial charge < -0.3 is 10.2 Å². The molecule has 0 fully saturated rings. The summed E-state index contributed by atoms with van der Waals surface area (Å²) >= 11 is 7.57. The van der Waals surface area contributed by atoms with E-state index in [0.29, 0.717) is 6.04 Å². The Hall–Kier alpha value is -1.10. The van der Waals surface area contributed by atoms with E-state index in [1.807, 2.05) is 12.1 Å². The second kappa shape index (κ2) is 7.07. The Morgan fingerprint density at radius 1 is 1.30 bits per heavy atom. The summed E-state index contributed by atoms with van der Waals surface area (Å²) in [6.45, 7) is 5.89. The second-order valence-corrected chi connectivity index (χ2v) is 6.88. The number of thiophene rings is 1. The van der Waals surface area contributed by atoms with Crippen molar-refractivity contribution in [1.29, 1.82) is 0 Å². The molecule has 0 aromatic carbocycles. The molecule has 5 heteroatoms. The molecule has 0 saturated carbocycles. The lowest BCUT2D eigenvalue weighted by Crippen LogP contribution is -2.23. The minimum atomic E-state index is 0.464. The summed E-state index contributed by atoms with van der Waals surface area (Å²) in [4.78, 5) is 8.06. The number of halogens is 1. The maximum absolute atomic E-state index is 5.96. The highest BCUT2D eigenvalue weighted by atomic mass is 35.5. The van der Waals surface area contributed by atoms with Crippen LogP contribution in [-0.2, 0) is 13.1 Å². The summed E-state index contributed by atoms with van der Waals surface area (Å²) in [5.41, 5.74) is 1.06. The second-order valence-electron chi connectivity index (χ2n) is 5.08. The first kappa shape index (κ1) is 15.3. The first-order valence-corrected chi connectivity index (χ1v) is 7.88. The topological polar surface area (TPSA) is 28.2 Å². The molecule has 0 saturated heterocycles. The van der Waals surface area contributed by atoms with Gasteiger partial charge in [-0.15, -0.1) is 11.3 Å². The van der Waals surface area contributed by atoms with Crippen molar-refractivity contribution >= 4 is 28.8 Å². The third kappa shape index (κ3) is 4.47. The minimum absolute atomic E-state index is 0.464. The largest absolute Gasteiger partial charge is 0.355 e. The molecule has 2 heterocycles. The molecule has 108 valence electrons. The Morgan fingerprint density at radius 2 is 2.10 bits per heavy atom. The SMILES string of the molecule is CC(C)NCc1cccc(N(C)Cc2ccc(Cl)s2)n1. The predicted octanol–water partition coefficient (Wildman–Crippen LogP) is 3.93. The highest BCUT2D eigenvalue weighted by Gasteiger charge is 2.07. The Balaban J connectivity index is 2.02. The Morgan fingerprint density at radius 3 is 2.75 bits per heavy atom. The lowest BCUT2D eigenvalue weighted by atomic mass is 10.3. The summed E-state index contributed by atoms with van der Waals surface area (Å²) in [5, 5.41) is 3.38. The van der Waals surface area contributed by atoms with Gasteiger partial charge in [-0.1, -0.05) is 31.5 Å². The van der Waals surface area contributed by atoms with E-state index in [0.717, 1.165) is 28.9 Å². The van der Waals surface area contributed by atoms with Gasteiger partial charge in [0.05, 0.1) is 16.6 Å². The molecule has 3 nitrogen and oxygen atoms in total. The molecule has 0 bridgehead atoms. The molecule has 0 atom stereocenters. The first-order valence-electron chi connectivity index (χ1n) is 6.69. The lowest BCUT2D eigenvalue weighted by molar-refractivity contribution is 0.581. The van der Waals surface area contributed by atoms with E-state index in [1.54, 1.807) is 11.3 Å². The normalized spacial score (nSPS) is 11.1. The van der Waals surface area contributed by atoms with Gasteiger partial charge in [0.1, 0.15) is 5.82 Å². The van der Waals surface area contributed by atoms with Crippen molar-refractivity contribution in [2.24, 2.45) is 0 Å². The number of nitrogens with zero attached hydrogens (tertiary/aromatic N) is 2. The molecular formula is C15H20ClN3S. The van der Waals surface area contributed by atoms with Crippen LogP contribution < -0.4 is 10.2 Å². The van der Waals surface area contributed by atoms with Gasteiger partial charge in [0.25, 0.3) is 0 Å². The van der Waals surface area contributed by atoms with Gasteiger partial charge in [-0.25, -0.2) is 4.98 Å². The molecule has 2 rings (SSSR count). The van der Waals surface area contributed by atoms with Gasteiger partial charge >= 0.3 is 0 Å². The zero-order chi connectivity index (χ0) is 14.5. The van der Waals surface area contributed by atoms with Crippen LogP contribution in [0.15, 0.2) is 30.3 Å². The molecule has 0 aliphatic heterocycles. The van der Waals surface area contributed by atoms with Crippen LogP contribution in [0.3, 0.4) is 0 Å². The van der Waals surface area contributed by atoms with Crippen molar-refractivity contribution in [3.63, 3.8) is 0 Å². The van der Waals surface area contributed by atoms with Gasteiger partial charge in [0.15, 0.2) is 0 Å². The number of nitrogens with one attached hydrogen (secondary N) is 1. The number of hydrogen-bond donors (Lipinski definition) is 1. The third-order valence-corrected chi connectivity index (χ3v) is 4.11. The van der Waals surface area contributed by atoms with Crippen molar-refractivity contribution in [3.05, 3.63) is 45.2 Å². The molecule has 2 aromatic heterocycles. The van der Waals surface area contributed by atoms with Crippen molar-refractivity contribution in [2.75, 3.05) is 11.9 Å². The van der Waals surface area contributed by atoms with Crippen molar-refractivity contribution in [2.45, 2.75) is 33.0 Å². The number of aromatic nitrogens is 1. The van der Waals surface area contributed by atoms with Crippen LogP contribution in [-0.4, -0.2) is 18.1 Å². The zero-order valence-electron chi connectivity index (χ0n) is 12.1. The standard InChI is InChI=1S/C15H20ClN3S/c1-11(2)17-9-12-5-4-6-15(18-12)19(3)10-13-7-8-14(16)20-13/h4-8,11,17H,9-10H2,1-3H3. The van der Waals surface area contributed by atoms with Crippen LogP contribution in [0.2, 0.25) is 4.34 Å². The Kier molecular flexibility index (Phi) is 5.40. The van der Waals surface area contributed by atoms with Gasteiger partial charge in [-0.2, -0.15) is 0 Å². The fourth-order valence-corrected chi connectivity index (χ4v) is 2.98. The Bertz CT molecular complexity index is 554. The highest BCUT2D eigenvalue weighted by molar-refractivity contribution is 7.16. The minimum Gasteiger partial charge on any atom is -0.355 e. The number of anilines is 1. The van der Waals surface area contributed by atoms with Gasteiger partial charge in [-0.3, -0.25) is 0 Å². The molecule has 0 spiro atoms. The molecule has 1 N–H and O–H groups in total. The predicted molar refractivity (Wildman–Crippen MR) is 87.6 cm³/mol. The van der Waals surface area contributed by atoms with Crippen LogP contribution in [0.4, 0.5) is 5.82 Å². The van der Waals surface area contributed by atoms with Crippen LogP contribution in [0.1, 0.15) is 24.4 Å². The monoisotopic (exact) mass is 309 g/mol. The van der Waals surface area contributed by atoms with Gasteiger partial charge in [-0.05, 0) is 24.3 Å². The van der Waals surface area contributed by atoms with Gasteiger partial charge in [0.2, 0.25) is 0 Å². The maximum atomic E-state index is 5.96. The van der Waals surface area contributed by atoms with Crippen molar-refractivity contribution < 1.29 is 0 Å². The van der Waals surface area contributed by atoms with E-state index >= 15 is 0 Å². The average Bonchev–Trinajstić information content (AvgIpc) is 2.82. The fourth-order valence-electron chi connectivity index (χ4n) is 1.84. The van der Waals surface area contributed by atoms with Crippen molar-refractivity contribution in [1.82, 2.24) is 10.3 Å². The van der Waals surface area contributed by atoms with Crippen LogP contribution in [0, 0.1) is 0 Å². The third-order valence-electron chi connectivity index (χ3n) is 2.90. The molecule has 2 aromatic rings. The van der Waals surface area contributed by atoms with E-state index in [9.17, 15) is 0 Å². The molecule has 0 aliphatic rings. The zero-order valence-corrected chi connectivity index (χ0v) is 13.6. The van der Waals surface area contributed by atoms with E-state index in [2.05, 4.69) is 54.3 Å². The molecular weight excluding hydrogens is 290 g/mol. The molecule has 0 amide bonds. The summed E-state index contributed by atoms with van der Waals surface area (Å²) < 4.78 is 0.830. The quantitative estimate of drug-likeness (QED) is 0.876. The average molecular weight is 310 g/mol. The summed E-state index contributed by atoms with van der Waals surface area (Å²) in [7, 11) is 2.05. The molecule has 20 heavy (non-hydrogen) atoms. The summed E-state index contributed by atoms with van der Waals surface area (Å²) in [6, 6.07) is 10.6. The smallest absolute Gasteiger partial charge is 0.128 e. The van der Waals surface area contributed by atoms with Crippen molar-refractivity contribution in [3.8, 4) is 0 Å². The first-order chi connectivity index (χ1) is 9.54. The number of hydrogen-bond acceptors (Lipinski definition) is 4. The van der Waals surface area contributed by atoms with E-state index in [1.165, 1.54) is 4.88 Å². The van der Waals surface area contributed by atoms with E-state index < -0.39 is 0 Å². The number of rotatable bonds is 6. The van der Waals surface area contributed by atoms with E-state index in [4.69, 9.17) is 11.6 Å². The fraction of sp³-hybridized carbons (Fsp3) is 0.400. The van der Waals surface area contributed by atoms with Crippen LogP contribution >= 0.6 is 22.9 Å².